The maximum atomic E-state index is 10.9. The average Bonchev–Trinajstić information content (AvgIpc) is 2.92. The van der Waals surface area contributed by atoms with Gasteiger partial charge in [-0.3, -0.25) is 0 Å². The summed E-state index contributed by atoms with van der Waals surface area (Å²) in [5, 5.41) is 9.65. The lowest BCUT2D eigenvalue weighted by atomic mass is 10.2. The van der Waals surface area contributed by atoms with Crippen LogP contribution in [0.5, 0.6) is 0 Å². The van der Waals surface area contributed by atoms with Crippen molar-refractivity contribution in [3.63, 3.8) is 0 Å². The van der Waals surface area contributed by atoms with Crippen molar-refractivity contribution >= 4 is 27.5 Å². The van der Waals surface area contributed by atoms with Crippen molar-refractivity contribution in [3.8, 4) is 10.8 Å². The number of carboxylic acids is 1. The lowest BCUT2D eigenvalue weighted by molar-refractivity contribution is 0.0697. The summed E-state index contributed by atoms with van der Waals surface area (Å²) in [6.07, 6.45) is 1.37. The molecule has 0 atom stereocenters. The number of nitrogens with zero attached hydrogens (tertiary/aromatic N) is 2. The number of benzene rings is 1. The fourth-order valence-corrected chi connectivity index (χ4v) is 2.71. The number of thiazole rings is 1. The summed E-state index contributed by atoms with van der Waals surface area (Å²) in [6.45, 7) is 1.84. The van der Waals surface area contributed by atoms with E-state index in [-0.39, 0.29) is 5.56 Å². The standard InChI is InChI=1S/C12H8N2O3S/c1-6-10(17-5-13-6)11-14-8-3-2-7(12(15)16)4-9(8)18-11/h2-5H,1H3,(H,15,16). The second kappa shape index (κ2) is 3.92. The van der Waals surface area contributed by atoms with Gasteiger partial charge in [-0.2, -0.15) is 0 Å². The van der Waals surface area contributed by atoms with Crippen molar-refractivity contribution in [1.29, 1.82) is 0 Å². The van der Waals surface area contributed by atoms with E-state index in [1.807, 2.05) is 6.92 Å². The van der Waals surface area contributed by atoms with Crippen LogP contribution in [0.4, 0.5) is 0 Å². The topological polar surface area (TPSA) is 76.2 Å². The minimum absolute atomic E-state index is 0.256. The Balaban J connectivity index is 2.17. The third kappa shape index (κ3) is 1.67. The summed E-state index contributed by atoms with van der Waals surface area (Å²) in [5.74, 6) is -0.309. The van der Waals surface area contributed by atoms with Gasteiger partial charge in [-0.25, -0.2) is 14.8 Å². The molecular formula is C12H8N2O3S. The van der Waals surface area contributed by atoms with Gasteiger partial charge < -0.3 is 9.52 Å². The van der Waals surface area contributed by atoms with Gasteiger partial charge in [0, 0.05) is 0 Å². The molecule has 0 saturated carbocycles. The van der Waals surface area contributed by atoms with Crippen LogP contribution in [0.1, 0.15) is 16.1 Å². The number of oxazole rings is 1. The Labute approximate surface area is 106 Å². The molecule has 0 aliphatic heterocycles. The molecule has 0 spiro atoms. The Morgan fingerprint density at radius 1 is 1.44 bits per heavy atom. The van der Waals surface area contributed by atoms with Crippen molar-refractivity contribution in [2.45, 2.75) is 6.92 Å². The van der Waals surface area contributed by atoms with Crippen molar-refractivity contribution in [1.82, 2.24) is 9.97 Å². The Morgan fingerprint density at radius 2 is 2.28 bits per heavy atom. The molecule has 3 rings (SSSR count). The highest BCUT2D eigenvalue weighted by Crippen LogP contribution is 2.32. The normalized spacial score (nSPS) is 10.9. The molecule has 0 fully saturated rings. The van der Waals surface area contributed by atoms with E-state index in [1.165, 1.54) is 17.7 Å². The Kier molecular flexibility index (Phi) is 2.38. The van der Waals surface area contributed by atoms with Crippen LogP contribution in [0.2, 0.25) is 0 Å². The molecule has 0 amide bonds. The minimum Gasteiger partial charge on any atom is -0.478 e. The van der Waals surface area contributed by atoms with Gasteiger partial charge in [-0.1, -0.05) is 0 Å². The number of hydrogen-bond donors (Lipinski definition) is 1. The van der Waals surface area contributed by atoms with E-state index in [1.54, 1.807) is 18.2 Å². The maximum Gasteiger partial charge on any atom is 0.335 e. The molecule has 18 heavy (non-hydrogen) atoms. The molecular weight excluding hydrogens is 252 g/mol. The van der Waals surface area contributed by atoms with E-state index in [9.17, 15) is 4.79 Å². The summed E-state index contributed by atoms with van der Waals surface area (Å²) in [6, 6.07) is 4.86. The largest absolute Gasteiger partial charge is 0.478 e. The third-order valence-corrected chi connectivity index (χ3v) is 3.59. The number of rotatable bonds is 2. The second-order valence-electron chi connectivity index (χ2n) is 3.77. The molecule has 6 heteroatoms. The molecule has 2 aromatic heterocycles. The number of carboxylic acid groups (broad SMARTS) is 1. The smallest absolute Gasteiger partial charge is 0.335 e. The van der Waals surface area contributed by atoms with E-state index in [4.69, 9.17) is 9.52 Å². The van der Waals surface area contributed by atoms with Gasteiger partial charge in [0.1, 0.15) is 0 Å². The van der Waals surface area contributed by atoms with Gasteiger partial charge in [0.05, 0.1) is 21.5 Å². The van der Waals surface area contributed by atoms with E-state index >= 15 is 0 Å². The van der Waals surface area contributed by atoms with Gasteiger partial charge in [-0.15, -0.1) is 11.3 Å². The van der Waals surface area contributed by atoms with Crippen molar-refractivity contribution in [2.24, 2.45) is 0 Å². The summed E-state index contributed by atoms with van der Waals surface area (Å²) in [4.78, 5) is 19.3. The van der Waals surface area contributed by atoms with Crippen LogP contribution < -0.4 is 0 Å². The van der Waals surface area contributed by atoms with E-state index in [0.29, 0.717) is 10.8 Å². The first kappa shape index (κ1) is 10.9. The molecule has 1 aromatic carbocycles. The van der Waals surface area contributed by atoms with E-state index < -0.39 is 5.97 Å². The zero-order valence-electron chi connectivity index (χ0n) is 9.38. The first-order valence-electron chi connectivity index (χ1n) is 5.19. The average molecular weight is 260 g/mol. The molecule has 3 aromatic rings. The summed E-state index contributed by atoms with van der Waals surface area (Å²) in [7, 11) is 0. The molecule has 0 unspecified atom stereocenters. The quantitative estimate of drug-likeness (QED) is 0.766. The van der Waals surface area contributed by atoms with Crippen molar-refractivity contribution < 1.29 is 14.3 Å². The Morgan fingerprint density at radius 3 is 2.94 bits per heavy atom. The minimum atomic E-state index is -0.942. The van der Waals surface area contributed by atoms with Gasteiger partial charge in [0.25, 0.3) is 0 Å². The summed E-state index contributed by atoms with van der Waals surface area (Å²) < 4.78 is 6.10. The van der Waals surface area contributed by atoms with E-state index in [0.717, 1.165) is 15.9 Å². The number of aromatic carboxylic acids is 1. The fourth-order valence-electron chi connectivity index (χ4n) is 1.66. The molecule has 2 heterocycles. The van der Waals surface area contributed by atoms with Crippen molar-refractivity contribution in [3.05, 3.63) is 35.9 Å². The molecule has 0 aliphatic carbocycles. The SMILES string of the molecule is Cc1ncoc1-c1nc2ccc(C(=O)O)cc2s1. The number of aromatic nitrogens is 2. The second-order valence-corrected chi connectivity index (χ2v) is 4.80. The van der Waals surface area contributed by atoms with E-state index in [2.05, 4.69) is 9.97 Å². The fraction of sp³-hybridized carbons (Fsp3) is 0.0833. The molecule has 0 saturated heterocycles. The van der Waals surface area contributed by atoms with Crippen LogP contribution in [0.25, 0.3) is 21.0 Å². The predicted octanol–water partition coefficient (Wildman–Crippen LogP) is 2.96. The molecule has 0 aliphatic rings. The number of hydrogen-bond acceptors (Lipinski definition) is 5. The molecule has 1 N–H and O–H groups in total. The first-order chi connectivity index (χ1) is 8.65. The highest BCUT2D eigenvalue weighted by molar-refractivity contribution is 7.21. The van der Waals surface area contributed by atoms with Gasteiger partial charge in [-0.05, 0) is 25.1 Å². The molecule has 0 bridgehead atoms. The maximum absolute atomic E-state index is 10.9. The predicted molar refractivity (Wildman–Crippen MR) is 66.8 cm³/mol. The molecule has 5 nitrogen and oxygen atoms in total. The number of fused-ring (bicyclic) bond motifs is 1. The zero-order valence-corrected chi connectivity index (χ0v) is 10.2. The molecule has 0 radical (unpaired) electrons. The van der Waals surface area contributed by atoms with Crippen LogP contribution in [0.3, 0.4) is 0 Å². The first-order valence-corrected chi connectivity index (χ1v) is 6.01. The van der Waals surface area contributed by atoms with Crippen LogP contribution in [-0.2, 0) is 0 Å². The lowest BCUT2D eigenvalue weighted by Gasteiger charge is -1.91. The Bertz CT molecular complexity index is 745. The zero-order chi connectivity index (χ0) is 12.7. The van der Waals surface area contributed by atoms with Crippen LogP contribution in [0.15, 0.2) is 29.0 Å². The van der Waals surface area contributed by atoms with Crippen LogP contribution in [-0.4, -0.2) is 21.0 Å². The Hall–Kier alpha value is -2.21. The van der Waals surface area contributed by atoms with Crippen LogP contribution in [0, 0.1) is 6.92 Å². The van der Waals surface area contributed by atoms with Gasteiger partial charge in [0.15, 0.2) is 17.2 Å². The summed E-state index contributed by atoms with van der Waals surface area (Å²) in [5.41, 5.74) is 1.79. The third-order valence-electron chi connectivity index (χ3n) is 2.58. The van der Waals surface area contributed by atoms with Crippen molar-refractivity contribution in [2.75, 3.05) is 0 Å². The lowest BCUT2D eigenvalue weighted by Crippen LogP contribution is -1.94. The summed E-state index contributed by atoms with van der Waals surface area (Å²) >= 11 is 1.39. The van der Waals surface area contributed by atoms with Crippen LogP contribution >= 0.6 is 11.3 Å². The highest BCUT2D eigenvalue weighted by atomic mass is 32.1. The highest BCUT2D eigenvalue weighted by Gasteiger charge is 2.13. The molecule has 90 valence electrons. The number of carbonyl (C=O) groups is 1. The van der Waals surface area contributed by atoms with Gasteiger partial charge in [0.2, 0.25) is 0 Å². The monoisotopic (exact) mass is 260 g/mol. The van der Waals surface area contributed by atoms with Gasteiger partial charge >= 0.3 is 5.97 Å². The number of aryl methyl sites for hydroxylation is 1.